The minimum absolute atomic E-state index is 0.466. The maximum Gasteiger partial charge on any atom is 0.117 e. The lowest BCUT2D eigenvalue weighted by Gasteiger charge is -2.29. The van der Waals surface area contributed by atoms with Crippen LogP contribution in [0.25, 0.3) is 5.52 Å². The van der Waals surface area contributed by atoms with Gasteiger partial charge in [0.15, 0.2) is 0 Å². The van der Waals surface area contributed by atoms with Gasteiger partial charge in [0.1, 0.15) is 5.82 Å². The number of piperazine rings is 1. The van der Waals surface area contributed by atoms with Crippen LogP contribution in [0, 0.1) is 0 Å². The van der Waals surface area contributed by atoms with E-state index in [4.69, 9.17) is 0 Å². The third-order valence-electron chi connectivity index (χ3n) is 3.65. The van der Waals surface area contributed by atoms with E-state index in [0.717, 1.165) is 32.7 Å². The highest BCUT2D eigenvalue weighted by Gasteiger charge is 2.17. The van der Waals surface area contributed by atoms with E-state index in [2.05, 4.69) is 50.9 Å². The lowest BCUT2D eigenvalue weighted by molar-refractivity contribution is 0.228. The molecular weight excluding hydrogens is 224 g/mol. The predicted octanol–water partition coefficient (Wildman–Crippen LogP) is 1.34. The van der Waals surface area contributed by atoms with Crippen LogP contribution >= 0.6 is 0 Å². The van der Waals surface area contributed by atoms with Gasteiger partial charge in [-0.05, 0) is 12.1 Å². The fraction of sp³-hybridized carbons (Fsp3) is 0.500. The second-order valence-electron chi connectivity index (χ2n) is 5.06. The molecule has 2 aromatic heterocycles. The first-order valence-corrected chi connectivity index (χ1v) is 6.69. The Kier molecular flexibility index (Phi) is 3.30. The Bertz CT molecular complexity index is 513. The first kappa shape index (κ1) is 11.7. The van der Waals surface area contributed by atoms with Crippen LogP contribution in [-0.4, -0.2) is 47.0 Å². The molecule has 0 aliphatic carbocycles. The van der Waals surface area contributed by atoms with Gasteiger partial charge in [0, 0.05) is 44.8 Å². The summed E-state index contributed by atoms with van der Waals surface area (Å²) < 4.78 is 2.20. The Morgan fingerprint density at radius 1 is 1.33 bits per heavy atom. The van der Waals surface area contributed by atoms with Gasteiger partial charge in [0.05, 0.1) is 11.7 Å². The zero-order chi connectivity index (χ0) is 12.4. The molecule has 0 spiro atoms. The Hall–Kier alpha value is -1.39. The molecule has 1 saturated heterocycles. The fourth-order valence-corrected chi connectivity index (χ4v) is 2.69. The SMILES string of the molecule is CC(CN1CCNCC1)c1ncc2ccccn12. The Balaban J connectivity index is 1.76. The molecule has 1 fully saturated rings. The summed E-state index contributed by atoms with van der Waals surface area (Å²) in [6.45, 7) is 7.87. The molecule has 3 heterocycles. The van der Waals surface area contributed by atoms with Crippen molar-refractivity contribution in [1.29, 1.82) is 0 Å². The lowest BCUT2D eigenvalue weighted by Crippen LogP contribution is -2.44. The molecule has 2 aromatic rings. The summed E-state index contributed by atoms with van der Waals surface area (Å²) in [6, 6.07) is 6.23. The van der Waals surface area contributed by atoms with E-state index < -0.39 is 0 Å². The van der Waals surface area contributed by atoms with Gasteiger partial charge in [-0.15, -0.1) is 0 Å². The molecule has 0 bridgehead atoms. The predicted molar refractivity (Wildman–Crippen MR) is 72.9 cm³/mol. The Morgan fingerprint density at radius 2 is 2.17 bits per heavy atom. The minimum atomic E-state index is 0.466. The fourth-order valence-electron chi connectivity index (χ4n) is 2.69. The van der Waals surface area contributed by atoms with Crippen molar-refractivity contribution in [2.45, 2.75) is 12.8 Å². The van der Waals surface area contributed by atoms with E-state index in [-0.39, 0.29) is 0 Å². The first-order chi connectivity index (χ1) is 8.84. The van der Waals surface area contributed by atoms with Crippen LogP contribution in [0.4, 0.5) is 0 Å². The van der Waals surface area contributed by atoms with Crippen LogP contribution in [0.2, 0.25) is 0 Å². The number of rotatable bonds is 3. The maximum absolute atomic E-state index is 4.58. The molecule has 0 aromatic carbocycles. The van der Waals surface area contributed by atoms with Crippen molar-refractivity contribution in [2.75, 3.05) is 32.7 Å². The van der Waals surface area contributed by atoms with Gasteiger partial charge in [-0.25, -0.2) is 4.98 Å². The number of aromatic nitrogens is 2. The van der Waals surface area contributed by atoms with E-state index in [1.807, 2.05) is 6.20 Å². The van der Waals surface area contributed by atoms with Crippen LogP contribution in [0.15, 0.2) is 30.6 Å². The van der Waals surface area contributed by atoms with Gasteiger partial charge in [-0.1, -0.05) is 13.0 Å². The molecule has 18 heavy (non-hydrogen) atoms. The van der Waals surface area contributed by atoms with Crippen molar-refractivity contribution in [3.8, 4) is 0 Å². The van der Waals surface area contributed by atoms with Crippen molar-refractivity contribution < 1.29 is 0 Å². The molecule has 4 heteroatoms. The van der Waals surface area contributed by atoms with Gasteiger partial charge in [-0.3, -0.25) is 0 Å². The smallest absolute Gasteiger partial charge is 0.117 e. The van der Waals surface area contributed by atoms with E-state index in [1.54, 1.807) is 0 Å². The van der Waals surface area contributed by atoms with Crippen LogP contribution in [0.5, 0.6) is 0 Å². The molecule has 96 valence electrons. The molecule has 1 N–H and O–H groups in total. The van der Waals surface area contributed by atoms with Gasteiger partial charge in [0.25, 0.3) is 0 Å². The maximum atomic E-state index is 4.58. The van der Waals surface area contributed by atoms with Crippen LogP contribution in [0.3, 0.4) is 0 Å². The summed E-state index contributed by atoms with van der Waals surface area (Å²) in [5.41, 5.74) is 1.18. The second kappa shape index (κ2) is 5.08. The monoisotopic (exact) mass is 244 g/mol. The molecular formula is C14H20N4. The van der Waals surface area contributed by atoms with Gasteiger partial charge in [0.2, 0.25) is 0 Å². The van der Waals surface area contributed by atoms with Crippen molar-refractivity contribution in [3.63, 3.8) is 0 Å². The molecule has 1 aliphatic heterocycles. The second-order valence-corrected chi connectivity index (χ2v) is 5.06. The summed E-state index contributed by atoms with van der Waals surface area (Å²) in [7, 11) is 0. The zero-order valence-electron chi connectivity index (χ0n) is 10.8. The summed E-state index contributed by atoms with van der Waals surface area (Å²) in [5.74, 6) is 1.64. The topological polar surface area (TPSA) is 32.6 Å². The van der Waals surface area contributed by atoms with Crippen molar-refractivity contribution in [2.24, 2.45) is 0 Å². The highest BCUT2D eigenvalue weighted by molar-refractivity contribution is 5.45. The Morgan fingerprint density at radius 3 is 3.00 bits per heavy atom. The van der Waals surface area contributed by atoms with Crippen molar-refractivity contribution in [1.82, 2.24) is 19.6 Å². The van der Waals surface area contributed by atoms with E-state index in [1.165, 1.54) is 11.3 Å². The third-order valence-corrected chi connectivity index (χ3v) is 3.65. The normalized spacial score (nSPS) is 19.2. The lowest BCUT2D eigenvalue weighted by atomic mass is 10.1. The number of hydrogen-bond acceptors (Lipinski definition) is 3. The van der Waals surface area contributed by atoms with E-state index >= 15 is 0 Å². The number of fused-ring (bicyclic) bond motifs is 1. The highest BCUT2D eigenvalue weighted by Crippen LogP contribution is 2.17. The molecule has 3 rings (SSSR count). The Labute approximate surface area is 108 Å². The quantitative estimate of drug-likeness (QED) is 0.884. The van der Waals surface area contributed by atoms with E-state index in [9.17, 15) is 0 Å². The summed E-state index contributed by atoms with van der Waals surface area (Å²) in [6.07, 6.45) is 4.06. The van der Waals surface area contributed by atoms with Crippen molar-refractivity contribution in [3.05, 3.63) is 36.4 Å². The molecule has 0 radical (unpaired) electrons. The van der Waals surface area contributed by atoms with Gasteiger partial charge in [-0.2, -0.15) is 0 Å². The van der Waals surface area contributed by atoms with Crippen molar-refractivity contribution >= 4 is 5.52 Å². The summed E-state index contributed by atoms with van der Waals surface area (Å²) >= 11 is 0. The average Bonchev–Trinajstić information content (AvgIpc) is 2.84. The number of hydrogen-bond donors (Lipinski definition) is 1. The number of pyridine rings is 1. The highest BCUT2D eigenvalue weighted by atomic mass is 15.2. The zero-order valence-corrected chi connectivity index (χ0v) is 10.8. The van der Waals surface area contributed by atoms with Crippen LogP contribution in [-0.2, 0) is 0 Å². The molecule has 0 saturated carbocycles. The van der Waals surface area contributed by atoms with Crippen LogP contribution in [0.1, 0.15) is 18.7 Å². The van der Waals surface area contributed by atoms with Crippen LogP contribution < -0.4 is 5.32 Å². The summed E-state index contributed by atoms with van der Waals surface area (Å²) in [5, 5.41) is 3.39. The summed E-state index contributed by atoms with van der Waals surface area (Å²) in [4.78, 5) is 7.10. The average molecular weight is 244 g/mol. The molecule has 1 atom stereocenters. The standard InChI is InChI=1S/C14H20N4/c1-12(11-17-8-5-15-6-9-17)14-16-10-13-4-2-3-7-18(13)14/h2-4,7,10,12,15H,5-6,8-9,11H2,1H3. The number of imidazole rings is 1. The molecule has 4 nitrogen and oxygen atoms in total. The molecule has 0 amide bonds. The van der Waals surface area contributed by atoms with Gasteiger partial charge >= 0.3 is 0 Å². The molecule has 1 aliphatic rings. The van der Waals surface area contributed by atoms with E-state index in [0.29, 0.717) is 5.92 Å². The third kappa shape index (κ3) is 2.26. The van der Waals surface area contributed by atoms with Gasteiger partial charge < -0.3 is 14.6 Å². The largest absolute Gasteiger partial charge is 0.314 e. The number of nitrogens with one attached hydrogen (secondary N) is 1. The minimum Gasteiger partial charge on any atom is -0.314 e. The first-order valence-electron chi connectivity index (χ1n) is 6.69. The molecule has 1 unspecified atom stereocenters. The number of nitrogens with zero attached hydrogens (tertiary/aromatic N) is 3.